The lowest BCUT2D eigenvalue weighted by molar-refractivity contribution is -0.127. The number of halogens is 1. The SMILES string of the molecule is COc1ccc(Cl)cc1C(=O)N1CCC(C(=O)NC2CCN(c3ncccn3)CC2)CC1. The van der Waals surface area contributed by atoms with Crippen LogP contribution < -0.4 is 15.0 Å². The summed E-state index contributed by atoms with van der Waals surface area (Å²) in [4.78, 5) is 38.3. The number of nitrogens with one attached hydrogen (secondary N) is 1. The number of benzene rings is 1. The molecule has 0 bridgehead atoms. The highest BCUT2D eigenvalue weighted by Crippen LogP contribution is 2.27. The number of ether oxygens (including phenoxy) is 1. The van der Waals surface area contributed by atoms with Crippen LogP contribution in [0.4, 0.5) is 5.95 Å². The highest BCUT2D eigenvalue weighted by Gasteiger charge is 2.31. The van der Waals surface area contributed by atoms with Crippen LogP contribution in [0.5, 0.6) is 5.75 Å². The minimum Gasteiger partial charge on any atom is -0.496 e. The second kappa shape index (κ2) is 10.2. The summed E-state index contributed by atoms with van der Waals surface area (Å²) in [5.74, 6) is 1.15. The molecule has 9 heteroatoms. The van der Waals surface area contributed by atoms with Gasteiger partial charge in [-0.2, -0.15) is 0 Å². The molecule has 170 valence electrons. The van der Waals surface area contributed by atoms with E-state index in [2.05, 4.69) is 20.2 Å². The fourth-order valence-electron chi connectivity index (χ4n) is 4.36. The Morgan fingerprint density at radius 1 is 1.06 bits per heavy atom. The maximum absolute atomic E-state index is 12.9. The first-order valence-electron chi connectivity index (χ1n) is 11.0. The summed E-state index contributed by atoms with van der Waals surface area (Å²) in [6.45, 7) is 2.72. The topological polar surface area (TPSA) is 87.7 Å². The van der Waals surface area contributed by atoms with E-state index < -0.39 is 0 Å². The molecule has 8 nitrogen and oxygen atoms in total. The molecule has 1 aromatic heterocycles. The maximum Gasteiger partial charge on any atom is 0.257 e. The van der Waals surface area contributed by atoms with E-state index in [1.165, 1.54) is 7.11 Å². The third-order valence-electron chi connectivity index (χ3n) is 6.22. The monoisotopic (exact) mass is 457 g/mol. The highest BCUT2D eigenvalue weighted by molar-refractivity contribution is 6.31. The van der Waals surface area contributed by atoms with Gasteiger partial charge in [0.25, 0.3) is 5.91 Å². The molecule has 0 atom stereocenters. The molecule has 0 saturated carbocycles. The van der Waals surface area contributed by atoms with E-state index in [1.54, 1.807) is 41.6 Å². The average molecular weight is 458 g/mol. The summed E-state index contributed by atoms with van der Waals surface area (Å²) in [5, 5.41) is 3.71. The molecule has 3 heterocycles. The summed E-state index contributed by atoms with van der Waals surface area (Å²) < 4.78 is 5.31. The Bertz CT molecular complexity index is 942. The van der Waals surface area contributed by atoms with Gasteiger partial charge in [-0.25, -0.2) is 9.97 Å². The van der Waals surface area contributed by atoms with Crippen LogP contribution in [0.15, 0.2) is 36.7 Å². The number of piperidine rings is 2. The molecule has 2 aliphatic heterocycles. The summed E-state index contributed by atoms with van der Waals surface area (Å²) >= 11 is 6.07. The minimum atomic E-state index is -0.112. The van der Waals surface area contributed by atoms with Crippen LogP contribution in [-0.4, -0.2) is 66.0 Å². The van der Waals surface area contributed by atoms with Crippen molar-refractivity contribution in [2.75, 3.05) is 38.2 Å². The van der Waals surface area contributed by atoms with Crippen molar-refractivity contribution in [1.82, 2.24) is 20.2 Å². The standard InChI is InChI=1S/C23H28ClN5O3/c1-32-20-4-3-17(24)15-19(20)22(31)28-11-5-16(6-12-28)21(30)27-18-7-13-29(14-8-18)23-25-9-2-10-26-23/h2-4,9-10,15-16,18H,5-8,11-14H2,1H3,(H,27,30). The Kier molecular flexibility index (Phi) is 7.09. The Labute approximate surface area is 192 Å². The summed E-state index contributed by atoms with van der Waals surface area (Å²) in [6.07, 6.45) is 6.53. The van der Waals surface area contributed by atoms with Gasteiger partial charge in [0.2, 0.25) is 11.9 Å². The van der Waals surface area contributed by atoms with E-state index in [0.29, 0.717) is 42.3 Å². The minimum absolute atomic E-state index is 0.0733. The molecule has 2 amide bonds. The first-order chi connectivity index (χ1) is 15.5. The number of carbonyl (C=O) groups excluding carboxylic acids is 2. The number of methoxy groups -OCH3 is 1. The fourth-order valence-corrected chi connectivity index (χ4v) is 4.53. The first kappa shape index (κ1) is 22.3. The maximum atomic E-state index is 12.9. The van der Waals surface area contributed by atoms with Crippen molar-refractivity contribution in [3.8, 4) is 5.75 Å². The molecule has 2 fully saturated rings. The smallest absolute Gasteiger partial charge is 0.257 e. The van der Waals surface area contributed by atoms with Gasteiger partial charge in [-0.05, 0) is 49.9 Å². The average Bonchev–Trinajstić information content (AvgIpc) is 2.84. The molecule has 1 aromatic carbocycles. The molecule has 0 unspecified atom stereocenters. The van der Waals surface area contributed by atoms with Crippen molar-refractivity contribution in [2.45, 2.75) is 31.7 Å². The first-order valence-corrected chi connectivity index (χ1v) is 11.4. The van der Waals surface area contributed by atoms with E-state index in [-0.39, 0.29) is 23.8 Å². The largest absolute Gasteiger partial charge is 0.496 e. The summed E-state index contributed by atoms with van der Waals surface area (Å²) in [5.41, 5.74) is 0.456. The van der Waals surface area contributed by atoms with Crippen molar-refractivity contribution < 1.29 is 14.3 Å². The van der Waals surface area contributed by atoms with Crippen LogP contribution in [-0.2, 0) is 4.79 Å². The van der Waals surface area contributed by atoms with Crippen LogP contribution in [0.2, 0.25) is 5.02 Å². The molecule has 0 radical (unpaired) electrons. The highest BCUT2D eigenvalue weighted by atomic mass is 35.5. The van der Waals surface area contributed by atoms with Crippen LogP contribution in [0, 0.1) is 5.92 Å². The Balaban J connectivity index is 1.25. The summed E-state index contributed by atoms with van der Waals surface area (Å²) in [6, 6.07) is 7.00. The van der Waals surface area contributed by atoms with Crippen molar-refractivity contribution in [3.63, 3.8) is 0 Å². The second-order valence-corrected chi connectivity index (χ2v) is 8.67. The predicted molar refractivity (Wildman–Crippen MR) is 122 cm³/mol. The molecule has 2 saturated heterocycles. The van der Waals surface area contributed by atoms with E-state index in [9.17, 15) is 9.59 Å². The van der Waals surface area contributed by atoms with Crippen molar-refractivity contribution in [2.24, 2.45) is 5.92 Å². The third-order valence-corrected chi connectivity index (χ3v) is 6.46. The Hall–Kier alpha value is -2.87. The van der Waals surface area contributed by atoms with E-state index >= 15 is 0 Å². The fraction of sp³-hybridized carbons (Fsp3) is 0.478. The molecular weight excluding hydrogens is 430 g/mol. The van der Waals surface area contributed by atoms with Gasteiger partial charge in [-0.3, -0.25) is 9.59 Å². The third kappa shape index (κ3) is 5.12. The zero-order valence-electron chi connectivity index (χ0n) is 18.2. The molecule has 0 aliphatic carbocycles. The zero-order chi connectivity index (χ0) is 22.5. The van der Waals surface area contributed by atoms with Gasteiger partial charge in [0.05, 0.1) is 12.7 Å². The lowest BCUT2D eigenvalue weighted by atomic mass is 9.94. The van der Waals surface area contributed by atoms with Gasteiger partial charge < -0.3 is 19.9 Å². The second-order valence-electron chi connectivity index (χ2n) is 8.23. The van der Waals surface area contributed by atoms with Crippen molar-refractivity contribution >= 4 is 29.4 Å². The molecule has 0 spiro atoms. The van der Waals surface area contributed by atoms with E-state index in [4.69, 9.17) is 16.3 Å². The number of amides is 2. The van der Waals surface area contributed by atoms with Crippen LogP contribution in [0.1, 0.15) is 36.0 Å². The van der Waals surface area contributed by atoms with Gasteiger partial charge in [0.1, 0.15) is 5.75 Å². The van der Waals surface area contributed by atoms with Crippen LogP contribution in [0.3, 0.4) is 0 Å². The van der Waals surface area contributed by atoms with Crippen LogP contribution in [0.25, 0.3) is 0 Å². The number of carbonyl (C=O) groups is 2. The number of likely N-dealkylation sites (tertiary alicyclic amines) is 1. The molecule has 1 N–H and O–H groups in total. The lowest BCUT2D eigenvalue weighted by Gasteiger charge is -2.35. The summed E-state index contributed by atoms with van der Waals surface area (Å²) in [7, 11) is 1.54. The molecular formula is C23H28ClN5O3. The number of hydrogen-bond donors (Lipinski definition) is 1. The Morgan fingerprint density at radius 2 is 1.75 bits per heavy atom. The van der Waals surface area contributed by atoms with Crippen molar-refractivity contribution in [1.29, 1.82) is 0 Å². The predicted octanol–water partition coefficient (Wildman–Crippen LogP) is 2.78. The zero-order valence-corrected chi connectivity index (χ0v) is 18.9. The number of hydrogen-bond acceptors (Lipinski definition) is 6. The van der Waals surface area contributed by atoms with E-state index in [0.717, 1.165) is 31.9 Å². The van der Waals surface area contributed by atoms with Gasteiger partial charge >= 0.3 is 0 Å². The number of aromatic nitrogens is 2. The molecule has 4 rings (SSSR count). The van der Waals surface area contributed by atoms with Gasteiger partial charge in [-0.15, -0.1) is 0 Å². The molecule has 32 heavy (non-hydrogen) atoms. The number of nitrogens with zero attached hydrogens (tertiary/aromatic N) is 4. The van der Waals surface area contributed by atoms with Crippen molar-refractivity contribution in [3.05, 3.63) is 47.2 Å². The van der Waals surface area contributed by atoms with E-state index in [1.807, 2.05) is 0 Å². The normalized spacial score (nSPS) is 17.8. The lowest BCUT2D eigenvalue weighted by Crippen LogP contribution is -2.49. The Morgan fingerprint density at radius 3 is 2.41 bits per heavy atom. The molecule has 2 aromatic rings. The quantitative estimate of drug-likeness (QED) is 0.742. The molecule has 2 aliphatic rings. The number of anilines is 1. The van der Waals surface area contributed by atoms with Crippen LogP contribution >= 0.6 is 11.6 Å². The number of rotatable bonds is 5. The van der Waals surface area contributed by atoms with Gasteiger partial charge in [0.15, 0.2) is 0 Å². The van der Waals surface area contributed by atoms with Gasteiger partial charge in [-0.1, -0.05) is 11.6 Å². The van der Waals surface area contributed by atoms with Gasteiger partial charge in [0, 0.05) is 55.6 Å².